The van der Waals surface area contributed by atoms with E-state index in [4.69, 9.17) is 5.73 Å². The summed E-state index contributed by atoms with van der Waals surface area (Å²) >= 11 is 2.86. The van der Waals surface area contributed by atoms with E-state index >= 15 is 0 Å². The van der Waals surface area contributed by atoms with Gasteiger partial charge in [0.25, 0.3) is 0 Å². The largest absolute Gasteiger partial charge is 0.573 e. The second-order valence-electron chi connectivity index (χ2n) is 2.63. The lowest BCUT2D eigenvalue weighted by molar-refractivity contribution is -0.274. The molecule has 2 N–H and O–H groups in total. The lowest BCUT2D eigenvalue weighted by Crippen LogP contribution is -2.19. The van der Waals surface area contributed by atoms with E-state index in [2.05, 4.69) is 20.7 Å². The van der Waals surface area contributed by atoms with E-state index in [1.807, 2.05) is 0 Å². The summed E-state index contributed by atoms with van der Waals surface area (Å²) in [5.74, 6) is -1.50. The van der Waals surface area contributed by atoms with Crippen LogP contribution < -0.4 is 10.5 Å². The Morgan fingerprint density at radius 1 is 1.33 bits per heavy atom. The predicted octanol–water partition coefficient (Wildman–Crippen LogP) is 3.20. The molecule has 15 heavy (non-hydrogen) atoms. The van der Waals surface area contributed by atoms with Crippen LogP contribution >= 0.6 is 15.9 Å². The zero-order chi connectivity index (χ0) is 11.6. The zero-order valence-electron chi connectivity index (χ0n) is 7.24. The summed E-state index contributed by atoms with van der Waals surface area (Å²) in [6.45, 7) is 0. The third kappa shape index (κ3) is 2.98. The van der Waals surface area contributed by atoms with E-state index < -0.39 is 17.9 Å². The highest BCUT2D eigenvalue weighted by Crippen LogP contribution is 2.34. The highest BCUT2D eigenvalue weighted by molar-refractivity contribution is 9.08. The predicted molar refractivity (Wildman–Crippen MR) is 50.1 cm³/mol. The van der Waals surface area contributed by atoms with Crippen molar-refractivity contribution in [3.05, 3.63) is 23.5 Å². The average molecular weight is 288 g/mol. The molecule has 0 saturated carbocycles. The number of nitrogen functional groups attached to an aromatic ring is 1. The Labute approximate surface area is 91.1 Å². The molecule has 2 nitrogen and oxygen atoms in total. The van der Waals surface area contributed by atoms with Gasteiger partial charge in [-0.1, -0.05) is 15.9 Å². The number of benzene rings is 1. The van der Waals surface area contributed by atoms with Gasteiger partial charge in [-0.2, -0.15) is 0 Å². The maximum absolute atomic E-state index is 13.1. The van der Waals surface area contributed by atoms with E-state index in [1.54, 1.807) is 0 Å². The smallest absolute Gasteiger partial charge is 0.403 e. The van der Waals surface area contributed by atoms with Crippen LogP contribution in [0.3, 0.4) is 0 Å². The zero-order valence-corrected chi connectivity index (χ0v) is 8.82. The minimum atomic E-state index is -4.89. The quantitative estimate of drug-likeness (QED) is 0.515. The summed E-state index contributed by atoms with van der Waals surface area (Å²) in [6, 6.07) is 2.00. The molecule has 0 bridgehead atoms. The molecule has 0 amide bonds. The van der Waals surface area contributed by atoms with Gasteiger partial charge in [0.2, 0.25) is 0 Å². The minimum Gasteiger partial charge on any atom is -0.403 e. The third-order valence-electron chi connectivity index (χ3n) is 1.59. The molecule has 0 aliphatic heterocycles. The van der Waals surface area contributed by atoms with Crippen LogP contribution in [0.15, 0.2) is 12.1 Å². The first-order valence-corrected chi connectivity index (χ1v) is 4.86. The van der Waals surface area contributed by atoms with Gasteiger partial charge in [0.15, 0.2) is 5.75 Å². The lowest BCUT2D eigenvalue weighted by Gasteiger charge is -2.14. The van der Waals surface area contributed by atoms with Gasteiger partial charge >= 0.3 is 6.36 Å². The van der Waals surface area contributed by atoms with Crippen molar-refractivity contribution in [3.8, 4) is 5.75 Å². The molecule has 7 heteroatoms. The van der Waals surface area contributed by atoms with Crippen LogP contribution in [0.25, 0.3) is 0 Å². The van der Waals surface area contributed by atoms with Crippen LogP contribution in [0.1, 0.15) is 5.56 Å². The maximum Gasteiger partial charge on any atom is 0.573 e. The highest BCUT2D eigenvalue weighted by atomic mass is 79.9. The molecule has 0 unspecified atom stereocenters. The molecular weight excluding hydrogens is 282 g/mol. The fourth-order valence-corrected chi connectivity index (χ4v) is 1.51. The van der Waals surface area contributed by atoms with Crippen molar-refractivity contribution in [2.24, 2.45) is 0 Å². The Balaban J connectivity index is 3.20. The molecule has 0 aliphatic carbocycles. The fourth-order valence-electron chi connectivity index (χ4n) is 0.983. The van der Waals surface area contributed by atoms with Crippen molar-refractivity contribution in [3.63, 3.8) is 0 Å². The van der Waals surface area contributed by atoms with Crippen LogP contribution in [0, 0.1) is 5.82 Å². The standard InChI is InChI=1S/C8H6BrF4NO/c9-3-4-5(10)1-2-6(14)7(4)15-8(11,12)13/h1-2H,3,14H2. The number of hydrogen-bond donors (Lipinski definition) is 1. The number of nitrogens with two attached hydrogens (primary N) is 1. The molecule has 0 saturated heterocycles. The maximum atomic E-state index is 13.1. The molecule has 0 aliphatic rings. The molecule has 0 heterocycles. The van der Waals surface area contributed by atoms with E-state index in [0.717, 1.165) is 12.1 Å². The van der Waals surface area contributed by atoms with Gasteiger partial charge in [0.05, 0.1) is 5.69 Å². The van der Waals surface area contributed by atoms with Gasteiger partial charge in [-0.05, 0) is 12.1 Å². The number of anilines is 1. The van der Waals surface area contributed by atoms with Crippen molar-refractivity contribution in [1.29, 1.82) is 0 Å². The van der Waals surface area contributed by atoms with Crippen LogP contribution in [0.2, 0.25) is 0 Å². The van der Waals surface area contributed by atoms with Crippen molar-refractivity contribution in [2.75, 3.05) is 5.73 Å². The first-order chi connectivity index (χ1) is 6.85. The lowest BCUT2D eigenvalue weighted by atomic mass is 10.2. The Kier molecular flexibility index (Phi) is 3.43. The minimum absolute atomic E-state index is 0.116. The molecule has 0 fully saturated rings. The molecule has 0 aromatic heterocycles. The first-order valence-electron chi connectivity index (χ1n) is 3.73. The van der Waals surface area contributed by atoms with Crippen LogP contribution in [0.4, 0.5) is 23.2 Å². The summed E-state index contributed by atoms with van der Waals surface area (Å²) in [5, 5.41) is -0.116. The van der Waals surface area contributed by atoms with Crippen LogP contribution in [-0.4, -0.2) is 6.36 Å². The molecule has 1 rings (SSSR count). The molecule has 0 radical (unpaired) electrons. The average Bonchev–Trinajstić information content (AvgIpc) is 2.10. The molecule has 0 spiro atoms. The van der Waals surface area contributed by atoms with E-state index in [0.29, 0.717) is 0 Å². The molecule has 84 valence electrons. The van der Waals surface area contributed by atoms with Gasteiger partial charge in [-0.3, -0.25) is 0 Å². The van der Waals surface area contributed by atoms with Crippen molar-refractivity contribution >= 4 is 21.6 Å². The Bertz CT molecular complexity index is 366. The van der Waals surface area contributed by atoms with Crippen LogP contribution in [0.5, 0.6) is 5.75 Å². The first kappa shape index (κ1) is 12.1. The van der Waals surface area contributed by atoms with Gasteiger partial charge in [-0.15, -0.1) is 13.2 Å². The Hall–Kier alpha value is -0.980. The molecule has 1 aromatic carbocycles. The van der Waals surface area contributed by atoms with E-state index in [-0.39, 0.29) is 16.6 Å². The molecule has 0 atom stereocenters. The summed E-state index contributed by atoms with van der Waals surface area (Å²) in [6.07, 6.45) is -4.89. The fraction of sp³-hybridized carbons (Fsp3) is 0.250. The van der Waals surface area contributed by atoms with Gasteiger partial charge < -0.3 is 10.5 Å². The Morgan fingerprint density at radius 3 is 2.40 bits per heavy atom. The van der Waals surface area contributed by atoms with Crippen molar-refractivity contribution in [1.82, 2.24) is 0 Å². The third-order valence-corrected chi connectivity index (χ3v) is 2.15. The Morgan fingerprint density at radius 2 is 1.93 bits per heavy atom. The molecule has 1 aromatic rings. The van der Waals surface area contributed by atoms with Gasteiger partial charge in [0.1, 0.15) is 5.82 Å². The second kappa shape index (κ2) is 4.26. The van der Waals surface area contributed by atoms with Gasteiger partial charge in [-0.25, -0.2) is 4.39 Å². The highest BCUT2D eigenvalue weighted by Gasteiger charge is 2.33. The second-order valence-corrected chi connectivity index (χ2v) is 3.19. The number of ether oxygens (including phenoxy) is 1. The van der Waals surface area contributed by atoms with E-state index in [1.165, 1.54) is 0 Å². The number of rotatable bonds is 2. The normalized spacial score (nSPS) is 11.5. The summed E-state index contributed by atoms with van der Waals surface area (Å²) < 4.78 is 52.6. The van der Waals surface area contributed by atoms with E-state index in [9.17, 15) is 17.6 Å². The monoisotopic (exact) mass is 287 g/mol. The van der Waals surface area contributed by atoms with Crippen molar-refractivity contribution < 1.29 is 22.3 Å². The number of halogens is 5. The van der Waals surface area contributed by atoms with Crippen LogP contribution in [-0.2, 0) is 5.33 Å². The van der Waals surface area contributed by atoms with Crippen molar-refractivity contribution in [2.45, 2.75) is 11.7 Å². The summed E-state index contributed by atoms with van der Waals surface area (Å²) in [4.78, 5) is 0. The van der Waals surface area contributed by atoms with Gasteiger partial charge in [0, 0.05) is 10.9 Å². The number of hydrogen-bond acceptors (Lipinski definition) is 2. The molecular formula is C8H6BrF4NO. The summed E-state index contributed by atoms with van der Waals surface area (Å²) in [7, 11) is 0. The number of alkyl halides is 4. The SMILES string of the molecule is Nc1ccc(F)c(CBr)c1OC(F)(F)F. The topological polar surface area (TPSA) is 35.2 Å². The summed E-state index contributed by atoms with van der Waals surface area (Å²) in [5.41, 5.74) is 4.74.